The second kappa shape index (κ2) is 10.2. The Morgan fingerprint density at radius 1 is 1.24 bits per heavy atom. The number of nitrogens with zero attached hydrogens (tertiary/aromatic N) is 5. The zero-order valence-corrected chi connectivity index (χ0v) is 17.3. The van der Waals surface area contributed by atoms with E-state index in [1.807, 2.05) is 6.92 Å². The van der Waals surface area contributed by atoms with E-state index in [1.54, 1.807) is 0 Å². The van der Waals surface area contributed by atoms with Gasteiger partial charge >= 0.3 is 11.7 Å². The van der Waals surface area contributed by atoms with Crippen LogP contribution in [0.4, 0.5) is 5.82 Å². The van der Waals surface area contributed by atoms with Crippen molar-refractivity contribution in [2.75, 3.05) is 38.6 Å². The van der Waals surface area contributed by atoms with Gasteiger partial charge in [-0.3, -0.25) is 4.57 Å². The average Bonchev–Trinajstić information content (AvgIpc) is 3.31. The minimum atomic E-state index is -0.324. The van der Waals surface area contributed by atoms with Crippen molar-refractivity contribution in [3.8, 4) is 6.01 Å². The van der Waals surface area contributed by atoms with Gasteiger partial charge in [-0.1, -0.05) is 18.5 Å². The number of rotatable bonds is 11. The summed E-state index contributed by atoms with van der Waals surface area (Å²) < 4.78 is 7.01. The van der Waals surface area contributed by atoms with Crippen molar-refractivity contribution in [3.05, 3.63) is 10.5 Å². The second-order valence-corrected chi connectivity index (χ2v) is 7.37. The zero-order valence-electron chi connectivity index (χ0n) is 17.3. The van der Waals surface area contributed by atoms with Gasteiger partial charge in [-0.15, -0.1) is 0 Å². The topological polar surface area (TPSA) is 124 Å². The van der Waals surface area contributed by atoms with Gasteiger partial charge in [0, 0.05) is 6.54 Å². The van der Waals surface area contributed by atoms with Crippen LogP contribution in [0.25, 0.3) is 11.2 Å². The third-order valence-electron chi connectivity index (χ3n) is 4.88. The Morgan fingerprint density at radius 2 is 2.03 bits per heavy atom. The predicted octanol–water partition coefficient (Wildman–Crippen LogP) is 1.76. The van der Waals surface area contributed by atoms with Crippen molar-refractivity contribution < 1.29 is 9.57 Å². The molecule has 29 heavy (non-hydrogen) atoms. The highest BCUT2D eigenvalue weighted by molar-refractivity contribution is 5.85. The maximum atomic E-state index is 12.4. The first-order chi connectivity index (χ1) is 14.1. The summed E-state index contributed by atoms with van der Waals surface area (Å²) in [6.07, 6.45) is 5.41. The molecular formula is C19H31N7O3. The van der Waals surface area contributed by atoms with Gasteiger partial charge in [0.05, 0.1) is 18.9 Å². The summed E-state index contributed by atoms with van der Waals surface area (Å²) >= 11 is 0. The Bertz CT molecular complexity index is 884. The molecule has 0 spiro atoms. The smallest absolute Gasteiger partial charge is 0.328 e. The Kier molecular flexibility index (Phi) is 7.45. The summed E-state index contributed by atoms with van der Waals surface area (Å²) in [4.78, 5) is 31.4. The third-order valence-corrected chi connectivity index (χ3v) is 4.88. The van der Waals surface area contributed by atoms with Crippen LogP contribution in [-0.4, -0.2) is 63.0 Å². The number of oxime groups is 1. The van der Waals surface area contributed by atoms with Gasteiger partial charge in [-0.05, 0) is 45.7 Å². The van der Waals surface area contributed by atoms with Crippen LogP contribution in [-0.2, 0) is 11.4 Å². The van der Waals surface area contributed by atoms with E-state index < -0.39 is 0 Å². The highest BCUT2D eigenvalue weighted by atomic mass is 16.6. The molecule has 0 radical (unpaired) electrons. The molecule has 10 nitrogen and oxygen atoms in total. The van der Waals surface area contributed by atoms with Crippen LogP contribution in [0.3, 0.4) is 0 Å². The number of anilines is 1. The molecule has 3 rings (SSSR count). The molecule has 2 aromatic rings. The maximum Gasteiger partial charge on any atom is 0.328 e. The number of fused-ring (bicyclic) bond motifs is 1. The van der Waals surface area contributed by atoms with Gasteiger partial charge in [-0.25, -0.2) is 4.79 Å². The van der Waals surface area contributed by atoms with Gasteiger partial charge < -0.3 is 25.2 Å². The number of unbranched alkanes of at least 4 members (excludes halogenated alkanes) is 1. The van der Waals surface area contributed by atoms with E-state index >= 15 is 0 Å². The van der Waals surface area contributed by atoms with Crippen LogP contribution in [0.15, 0.2) is 9.95 Å². The van der Waals surface area contributed by atoms with Crippen LogP contribution in [0.1, 0.15) is 46.0 Å². The largest absolute Gasteiger partial charge is 0.463 e. The number of nitrogens with one attached hydrogen (secondary N) is 1. The quantitative estimate of drug-likeness (QED) is 0.332. The van der Waals surface area contributed by atoms with Gasteiger partial charge in [0.15, 0.2) is 11.5 Å². The number of likely N-dealkylation sites (tertiary alicyclic amines) is 1. The number of imidazole rings is 1. The molecule has 160 valence electrons. The minimum Gasteiger partial charge on any atom is -0.463 e. The number of hydrogen-bond acceptors (Lipinski definition) is 8. The molecule has 10 heteroatoms. The third kappa shape index (κ3) is 5.69. The molecule has 1 aliphatic rings. The molecule has 0 saturated carbocycles. The maximum absolute atomic E-state index is 12.4. The lowest BCUT2D eigenvalue weighted by Crippen LogP contribution is -2.22. The van der Waals surface area contributed by atoms with Gasteiger partial charge in [-0.2, -0.15) is 9.97 Å². The van der Waals surface area contributed by atoms with Crippen molar-refractivity contribution in [2.24, 2.45) is 5.16 Å². The summed E-state index contributed by atoms with van der Waals surface area (Å²) in [6.45, 7) is 8.59. The lowest BCUT2D eigenvalue weighted by molar-refractivity contribution is 0.131. The fourth-order valence-electron chi connectivity index (χ4n) is 3.32. The number of nitrogen functional groups attached to an aromatic ring is 1. The van der Waals surface area contributed by atoms with E-state index in [2.05, 4.69) is 31.9 Å². The van der Waals surface area contributed by atoms with Gasteiger partial charge in [0.1, 0.15) is 12.1 Å². The molecule has 0 unspecified atom stereocenters. The fraction of sp³-hybridized carbons (Fsp3) is 0.684. The molecular weight excluding hydrogens is 374 g/mol. The standard InChI is InChI=1S/C19H31N7O3/c1-3-4-11-28-18-22-16(20)15-17(23-18)26(19(27)21-15)13-14(2)24-29-12-7-10-25-8-5-6-9-25/h3-13H2,1-2H3,(H,21,27)(H2,20,22,23)/b24-14+. The first-order valence-corrected chi connectivity index (χ1v) is 10.3. The molecule has 3 N–H and O–H groups in total. The zero-order chi connectivity index (χ0) is 20.6. The Balaban J connectivity index is 1.61. The minimum absolute atomic E-state index is 0.170. The van der Waals surface area contributed by atoms with Crippen molar-refractivity contribution in [3.63, 3.8) is 0 Å². The highest BCUT2D eigenvalue weighted by Gasteiger charge is 2.15. The van der Waals surface area contributed by atoms with Crippen LogP contribution in [0.2, 0.25) is 0 Å². The Hall–Kier alpha value is -2.62. The summed E-state index contributed by atoms with van der Waals surface area (Å²) in [5, 5.41) is 4.14. The molecule has 1 aliphatic heterocycles. The van der Waals surface area contributed by atoms with E-state index in [0.717, 1.165) is 25.8 Å². The molecule has 0 amide bonds. The monoisotopic (exact) mass is 405 g/mol. The summed E-state index contributed by atoms with van der Waals surface area (Å²) in [7, 11) is 0. The number of aromatic amines is 1. The SMILES string of the molecule is CCCCOc1nc(N)c2[nH]c(=O)n(C/C(C)=N/OCCCN3CCCC3)c2n1. The molecule has 0 bridgehead atoms. The number of ether oxygens (including phenoxy) is 1. The van der Waals surface area contributed by atoms with Crippen molar-refractivity contribution in [1.82, 2.24) is 24.4 Å². The van der Waals surface area contributed by atoms with Crippen molar-refractivity contribution >= 4 is 22.7 Å². The summed E-state index contributed by atoms with van der Waals surface area (Å²) in [5.74, 6) is 0.185. The molecule has 0 aliphatic carbocycles. The molecule has 0 atom stereocenters. The van der Waals surface area contributed by atoms with E-state index in [0.29, 0.717) is 30.1 Å². The molecule has 3 heterocycles. The predicted molar refractivity (Wildman–Crippen MR) is 112 cm³/mol. The average molecular weight is 406 g/mol. The van der Waals surface area contributed by atoms with E-state index in [9.17, 15) is 4.79 Å². The number of nitrogens with two attached hydrogens (primary N) is 1. The first kappa shape index (κ1) is 21.1. The van der Waals surface area contributed by atoms with E-state index in [1.165, 1.54) is 30.5 Å². The molecule has 2 aromatic heterocycles. The normalized spacial score (nSPS) is 15.3. The van der Waals surface area contributed by atoms with E-state index in [-0.39, 0.29) is 24.1 Å². The number of H-pyrrole nitrogens is 1. The van der Waals surface area contributed by atoms with Crippen molar-refractivity contribution in [1.29, 1.82) is 0 Å². The van der Waals surface area contributed by atoms with Crippen LogP contribution >= 0.6 is 0 Å². The summed E-state index contributed by atoms with van der Waals surface area (Å²) in [6, 6.07) is 0.170. The highest BCUT2D eigenvalue weighted by Crippen LogP contribution is 2.18. The molecule has 0 aromatic carbocycles. The molecule has 1 saturated heterocycles. The first-order valence-electron chi connectivity index (χ1n) is 10.3. The molecule has 1 fully saturated rings. The van der Waals surface area contributed by atoms with Crippen molar-refractivity contribution in [2.45, 2.75) is 52.5 Å². The summed E-state index contributed by atoms with van der Waals surface area (Å²) in [5.41, 5.74) is 7.11. The van der Waals surface area contributed by atoms with Crippen LogP contribution < -0.4 is 16.2 Å². The van der Waals surface area contributed by atoms with Crippen LogP contribution in [0, 0.1) is 0 Å². The number of aromatic nitrogens is 4. The Morgan fingerprint density at radius 3 is 2.79 bits per heavy atom. The lowest BCUT2D eigenvalue weighted by Gasteiger charge is -2.13. The van der Waals surface area contributed by atoms with Gasteiger partial charge in [0.2, 0.25) is 0 Å². The second-order valence-electron chi connectivity index (χ2n) is 7.37. The van der Waals surface area contributed by atoms with Crippen LogP contribution in [0.5, 0.6) is 6.01 Å². The van der Waals surface area contributed by atoms with Gasteiger partial charge in [0.25, 0.3) is 0 Å². The lowest BCUT2D eigenvalue weighted by atomic mass is 10.4. The fourth-order valence-corrected chi connectivity index (χ4v) is 3.32. The van der Waals surface area contributed by atoms with E-state index in [4.69, 9.17) is 15.3 Å². The number of hydrogen-bond donors (Lipinski definition) is 2. The Labute approximate surface area is 170 Å².